The first-order chi connectivity index (χ1) is 5.68. The lowest BCUT2D eigenvalue weighted by Gasteiger charge is -2.01. The number of benzene rings is 1. The van der Waals surface area contributed by atoms with Gasteiger partial charge in [0, 0.05) is 18.0 Å². The van der Waals surface area contributed by atoms with Crippen molar-refractivity contribution in [3.63, 3.8) is 0 Å². The molecule has 0 aliphatic heterocycles. The molecule has 0 amide bonds. The summed E-state index contributed by atoms with van der Waals surface area (Å²) in [5.41, 5.74) is 0. The number of carbonyl (C=O) groups excluding carboxylic acids is 1. The highest BCUT2D eigenvalue weighted by Gasteiger charge is 1.97. The molecular formula is C8H7ClO3. The highest BCUT2D eigenvalue weighted by atomic mass is 35.5. The Labute approximate surface area is 74.8 Å². The molecule has 0 saturated carbocycles. The van der Waals surface area contributed by atoms with Gasteiger partial charge in [-0.1, -0.05) is 17.7 Å². The maximum absolute atomic E-state index is 10.3. The van der Waals surface area contributed by atoms with Gasteiger partial charge < -0.3 is 0 Å². The number of hydrogen-bond acceptors (Lipinski definition) is 3. The molecule has 1 aromatic rings. The minimum Gasteiger partial charge on any atom is -0.287 e. The van der Waals surface area contributed by atoms with E-state index in [0.717, 1.165) is 0 Å². The lowest BCUT2D eigenvalue weighted by molar-refractivity contribution is -0.210. The molecule has 3 nitrogen and oxygen atoms in total. The molecule has 0 aliphatic rings. The van der Waals surface area contributed by atoms with Crippen LogP contribution in [0.4, 0.5) is 0 Å². The lowest BCUT2D eigenvalue weighted by Crippen LogP contribution is -2.02. The lowest BCUT2D eigenvalue weighted by atomic mass is 10.3. The molecule has 1 rings (SSSR count). The van der Waals surface area contributed by atoms with Crippen molar-refractivity contribution >= 4 is 17.6 Å². The fourth-order valence-corrected chi connectivity index (χ4v) is 0.806. The third kappa shape index (κ3) is 2.80. The molecule has 0 atom stereocenters. The molecular weight excluding hydrogens is 180 g/mol. The molecule has 1 aromatic carbocycles. The van der Waals surface area contributed by atoms with Gasteiger partial charge in [-0.2, -0.15) is 0 Å². The Morgan fingerprint density at radius 2 is 2.25 bits per heavy atom. The summed E-state index contributed by atoms with van der Waals surface area (Å²) in [5, 5.41) is 0.527. The molecule has 0 unspecified atom stereocenters. The number of carbonyl (C=O) groups is 1. The van der Waals surface area contributed by atoms with Crippen molar-refractivity contribution in [2.75, 3.05) is 0 Å². The van der Waals surface area contributed by atoms with E-state index in [1.165, 1.54) is 6.92 Å². The monoisotopic (exact) mass is 186 g/mol. The molecule has 0 heterocycles. The van der Waals surface area contributed by atoms with Crippen molar-refractivity contribution < 1.29 is 14.6 Å². The number of halogens is 1. The summed E-state index contributed by atoms with van der Waals surface area (Å²) in [6.07, 6.45) is 0. The minimum atomic E-state index is -0.505. The van der Waals surface area contributed by atoms with E-state index in [-0.39, 0.29) is 0 Å². The van der Waals surface area contributed by atoms with E-state index in [0.29, 0.717) is 10.8 Å². The smallest absolute Gasteiger partial charge is 0.287 e. The third-order valence-corrected chi connectivity index (χ3v) is 1.29. The zero-order chi connectivity index (χ0) is 8.97. The minimum absolute atomic E-state index is 0.401. The first-order valence-corrected chi connectivity index (χ1v) is 3.67. The van der Waals surface area contributed by atoms with Crippen LogP contribution in [0, 0.1) is 0 Å². The zero-order valence-corrected chi connectivity index (χ0v) is 7.17. The van der Waals surface area contributed by atoms with Crippen LogP contribution >= 0.6 is 11.6 Å². The van der Waals surface area contributed by atoms with Gasteiger partial charge in [-0.15, -0.1) is 0 Å². The normalized spacial score (nSPS) is 9.17. The Balaban J connectivity index is 2.57. The number of rotatable bonds is 2. The largest absolute Gasteiger partial charge is 0.352 e. The first kappa shape index (κ1) is 8.87. The SMILES string of the molecule is CC(=O)OOc1cccc(Cl)c1. The van der Waals surface area contributed by atoms with Crippen LogP contribution in [-0.2, 0) is 9.68 Å². The van der Waals surface area contributed by atoms with Crippen LogP contribution in [0.5, 0.6) is 5.75 Å². The van der Waals surface area contributed by atoms with Crippen molar-refractivity contribution in [2.24, 2.45) is 0 Å². The number of hydrogen-bond donors (Lipinski definition) is 0. The standard InChI is InChI=1S/C8H7ClO3/c1-6(10)11-12-8-4-2-3-7(9)5-8/h2-5H,1H3. The van der Waals surface area contributed by atoms with E-state index in [1.54, 1.807) is 24.3 Å². The molecule has 4 heteroatoms. The molecule has 0 aliphatic carbocycles. The summed E-state index contributed by atoms with van der Waals surface area (Å²) in [5.74, 6) is -0.104. The fourth-order valence-electron chi connectivity index (χ4n) is 0.626. The summed E-state index contributed by atoms with van der Waals surface area (Å²) >= 11 is 5.64. The second kappa shape index (κ2) is 3.97. The molecule has 0 aromatic heterocycles. The van der Waals surface area contributed by atoms with Crippen LogP contribution in [0.1, 0.15) is 6.92 Å². The summed E-state index contributed by atoms with van der Waals surface area (Å²) in [6.45, 7) is 1.25. The molecule has 64 valence electrons. The van der Waals surface area contributed by atoms with Gasteiger partial charge in [-0.05, 0) is 12.1 Å². The van der Waals surface area contributed by atoms with Crippen LogP contribution < -0.4 is 4.89 Å². The molecule has 0 bridgehead atoms. The molecule has 0 N–H and O–H groups in total. The molecule has 0 radical (unpaired) electrons. The van der Waals surface area contributed by atoms with Crippen LogP contribution in [0.25, 0.3) is 0 Å². The predicted octanol–water partition coefficient (Wildman–Crippen LogP) is 2.20. The van der Waals surface area contributed by atoms with E-state index in [2.05, 4.69) is 9.78 Å². The van der Waals surface area contributed by atoms with Crippen molar-refractivity contribution in [1.29, 1.82) is 0 Å². The third-order valence-electron chi connectivity index (χ3n) is 1.05. The van der Waals surface area contributed by atoms with Crippen molar-refractivity contribution in [3.05, 3.63) is 29.3 Å². The van der Waals surface area contributed by atoms with Crippen molar-refractivity contribution in [1.82, 2.24) is 0 Å². The quantitative estimate of drug-likeness (QED) is 0.525. The van der Waals surface area contributed by atoms with E-state index < -0.39 is 5.97 Å². The van der Waals surface area contributed by atoms with E-state index in [9.17, 15) is 4.79 Å². The Bertz CT molecular complexity index is 285. The van der Waals surface area contributed by atoms with Crippen LogP contribution in [0.3, 0.4) is 0 Å². The topological polar surface area (TPSA) is 35.5 Å². The van der Waals surface area contributed by atoms with E-state index in [4.69, 9.17) is 11.6 Å². The highest BCUT2D eigenvalue weighted by Crippen LogP contribution is 2.16. The zero-order valence-electron chi connectivity index (χ0n) is 6.41. The highest BCUT2D eigenvalue weighted by molar-refractivity contribution is 6.30. The average Bonchev–Trinajstić information content (AvgIpc) is 2.01. The summed E-state index contributed by atoms with van der Waals surface area (Å²) in [6, 6.07) is 6.57. The van der Waals surface area contributed by atoms with Gasteiger partial charge in [-0.3, -0.25) is 9.78 Å². The summed E-state index contributed by atoms with van der Waals surface area (Å²) in [4.78, 5) is 19.2. The maximum atomic E-state index is 10.3. The summed E-state index contributed by atoms with van der Waals surface area (Å²) < 4.78 is 0. The Morgan fingerprint density at radius 3 is 2.83 bits per heavy atom. The Morgan fingerprint density at radius 1 is 1.50 bits per heavy atom. The van der Waals surface area contributed by atoms with Gasteiger partial charge in [-0.25, -0.2) is 4.79 Å². The maximum Gasteiger partial charge on any atom is 0.352 e. The van der Waals surface area contributed by atoms with Crippen molar-refractivity contribution in [3.8, 4) is 5.75 Å². The van der Waals surface area contributed by atoms with Gasteiger partial charge in [0.15, 0.2) is 5.75 Å². The summed E-state index contributed by atoms with van der Waals surface area (Å²) in [7, 11) is 0. The molecule has 12 heavy (non-hydrogen) atoms. The predicted molar refractivity (Wildman–Crippen MR) is 43.8 cm³/mol. The van der Waals surface area contributed by atoms with Gasteiger partial charge in [0.2, 0.25) is 0 Å². The van der Waals surface area contributed by atoms with Crippen molar-refractivity contribution in [2.45, 2.75) is 6.92 Å². The molecule has 0 fully saturated rings. The van der Waals surface area contributed by atoms with Gasteiger partial charge >= 0.3 is 5.97 Å². The second-order valence-electron chi connectivity index (χ2n) is 2.12. The van der Waals surface area contributed by atoms with Crippen LogP contribution in [-0.4, -0.2) is 5.97 Å². The second-order valence-corrected chi connectivity index (χ2v) is 2.55. The molecule has 0 saturated heterocycles. The molecule has 0 spiro atoms. The van der Waals surface area contributed by atoms with Gasteiger partial charge in [0.05, 0.1) is 0 Å². The van der Waals surface area contributed by atoms with Crippen LogP contribution in [0.15, 0.2) is 24.3 Å². The van der Waals surface area contributed by atoms with E-state index in [1.807, 2.05) is 0 Å². The van der Waals surface area contributed by atoms with Gasteiger partial charge in [0.25, 0.3) is 0 Å². The van der Waals surface area contributed by atoms with E-state index >= 15 is 0 Å². The first-order valence-electron chi connectivity index (χ1n) is 3.29. The van der Waals surface area contributed by atoms with Gasteiger partial charge in [0.1, 0.15) is 0 Å². The van der Waals surface area contributed by atoms with Crippen LogP contribution in [0.2, 0.25) is 5.02 Å². The Kier molecular flexibility index (Phi) is 2.94. The average molecular weight is 187 g/mol. The Hall–Kier alpha value is -1.22. The fraction of sp³-hybridized carbons (Fsp3) is 0.125.